The molecule has 1 saturated heterocycles. The molecule has 24 heavy (non-hydrogen) atoms. The van der Waals surface area contributed by atoms with Crippen LogP contribution in [0.4, 0.5) is 0 Å². The number of nitrogens with two attached hydrogens (primary N) is 1. The normalized spacial score (nSPS) is 17.9. The van der Waals surface area contributed by atoms with E-state index in [9.17, 15) is 4.79 Å². The fourth-order valence-corrected chi connectivity index (χ4v) is 3.55. The van der Waals surface area contributed by atoms with Gasteiger partial charge in [-0.2, -0.15) is 0 Å². The number of carbonyl (C=O) groups excluding carboxylic acids is 1. The summed E-state index contributed by atoms with van der Waals surface area (Å²) in [5.74, 6) is 0.359. The third-order valence-electron chi connectivity index (χ3n) is 4.55. The molecule has 0 spiro atoms. The van der Waals surface area contributed by atoms with Gasteiger partial charge in [0.1, 0.15) is 0 Å². The highest BCUT2D eigenvalue weighted by Crippen LogP contribution is 2.35. The minimum atomic E-state index is -0.436. The topological polar surface area (TPSA) is 64.4 Å². The summed E-state index contributed by atoms with van der Waals surface area (Å²) in [4.78, 5) is 12.3. The van der Waals surface area contributed by atoms with Crippen molar-refractivity contribution < 1.29 is 9.53 Å². The Morgan fingerprint density at radius 3 is 2.62 bits per heavy atom. The first-order valence-electron chi connectivity index (χ1n) is 8.30. The van der Waals surface area contributed by atoms with Crippen LogP contribution < -0.4 is 11.1 Å². The molecule has 0 saturated carbocycles. The molecule has 2 rings (SSSR count). The van der Waals surface area contributed by atoms with Gasteiger partial charge < -0.3 is 15.8 Å². The number of hydrogen-bond donors (Lipinski definition) is 2. The summed E-state index contributed by atoms with van der Waals surface area (Å²) in [5.41, 5.74) is 7.16. The van der Waals surface area contributed by atoms with Crippen LogP contribution in [0.5, 0.6) is 0 Å². The third-order valence-corrected chi connectivity index (χ3v) is 5.04. The molecule has 1 fully saturated rings. The van der Waals surface area contributed by atoms with Gasteiger partial charge in [0.2, 0.25) is 5.91 Å². The predicted molar refractivity (Wildman–Crippen MR) is 104 cm³/mol. The third kappa shape index (κ3) is 5.73. The summed E-state index contributed by atoms with van der Waals surface area (Å²) in [5, 5.41) is 3.08. The van der Waals surface area contributed by atoms with Crippen LogP contribution in [-0.2, 0) is 14.9 Å². The van der Waals surface area contributed by atoms with E-state index in [4.69, 9.17) is 10.5 Å². The fraction of sp³-hybridized carbons (Fsp3) is 0.611. The molecule has 0 aromatic heterocycles. The molecule has 6 heteroatoms. The maximum atomic E-state index is 12.3. The number of rotatable bonds is 6. The Kier molecular flexibility index (Phi) is 8.71. The maximum Gasteiger partial charge on any atom is 0.236 e. The number of ether oxygens (including phenoxy) is 1. The summed E-state index contributed by atoms with van der Waals surface area (Å²) < 4.78 is 6.59. The maximum absolute atomic E-state index is 12.3. The molecule has 1 aliphatic heterocycles. The van der Waals surface area contributed by atoms with Gasteiger partial charge >= 0.3 is 0 Å². The second kappa shape index (κ2) is 9.76. The number of nitrogens with one attached hydrogen (secondary N) is 1. The molecule has 136 valence electrons. The average molecular weight is 420 g/mol. The van der Waals surface area contributed by atoms with E-state index >= 15 is 0 Å². The van der Waals surface area contributed by atoms with Crippen LogP contribution in [0.1, 0.15) is 38.7 Å². The first-order valence-corrected chi connectivity index (χ1v) is 9.09. The van der Waals surface area contributed by atoms with Gasteiger partial charge in [-0.05, 0) is 42.9 Å². The lowest BCUT2D eigenvalue weighted by Gasteiger charge is -2.38. The van der Waals surface area contributed by atoms with Gasteiger partial charge in [0.25, 0.3) is 0 Å². The van der Waals surface area contributed by atoms with E-state index in [0.29, 0.717) is 18.9 Å². The van der Waals surface area contributed by atoms with Crippen molar-refractivity contribution in [1.29, 1.82) is 0 Å². The molecule has 0 unspecified atom stereocenters. The Bertz CT molecular complexity index is 534. The Morgan fingerprint density at radius 2 is 2.04 bits per heavy atom. The second-order valence-electron chi connectivity index (χ2n) is 6.86. The summed E-state index contributed by atoms with van der Waals surface area (Å²) in [6, 6.07) is 7.91. The molecule has 1 heterocycles. The van der Waals surface area contributed by atoms with Crippen molar-refractivity contribution in [3.05, 3.63) is 34.3 Å². The van der Waals surface area contributed by atoms with Crippen molar-refractivity contribution in [2.45, 2.75) is 44.6 Å². The molecule has 4 nitrogen and oxygen atoms in total. The van der Waals surface area contributed by atoms with Crippen LogP contribution in [0.2, 0.25) is 0 Å². The van der Waals surface area contributed by atoms with Gasteiger partial charge in [-0.1, -0.05) is 41.9 Å². The van der Waals surface area contributed by atoms with Crippen molar-refractivity contribution in [3.63, 3.8) is 0 Å². The SMILES string of the molecule is CC(C)C[C@H](N)C(=O)NCC1(c2cccc(Br)c2)CCOCC1.Cl. The lowest BCUT2D eigenvalue weighted by atomic mass is 9.74. The molecule has 0 bridgehead atoms. The summed E-state index contributed by atoms with van der Waals surface area (Å²) in [6.07, 6.45) is 2.52. The van der Waals surface area contributed by atoms with Crippen molar-refractivity contribution in [2.75, 3.05) is 19.8 Å². The Labute approximate surface area is 159 Å². The molecule has 1 amide bonds. The second-order valence-corrected chi connectivity index (χ2v) is 7.77. The lowest BCUT2D eigenvalue weighted by molar-refractivity contribution is -0.123. The molecule has 0 aliphatic carbocycles. The van der Waals surface area contributed by atoms with Crippen LogP contribution in [0.25, 0.3) is 0 Å². The van der Waals surface area contributed by atoms with E-state index in [1.54, 1.807) is 0 Å². The van der Waals surface area contributed by atoms with Crippen LogP contribution >= 0.6 is 28.3 Å². The molecule has 1 aromatic carbocycles. The molecule has 1 atom stereocenters. The average Bonchev–Trinajstić information content (AvgIpc) is 2.53. The van der Waals surface area contributed by atoms with E-state index in [2.05, 4.69) is 47.2 Å². The molecule has 1 aromatic rings. The van der Waals surface area contributed by atoms with Gasteiger partial charge in [0.05, 0.1) is 6.04 Å². The highest BCUT2D eigenvalue weighted by atomic mass is 79.9. The summed E-state index contributed by atoms with van der Waals surface area (Å²) >= 11 is 3.54. The molecule has 0 radical (unpaired) electrons. The quantitative estimate of drug-likeness (QED) is 0.742. The zero-order valence-electron chi connectivity index (χ0n) is 14.4. The van der Waals surface area contributed by atoms with Crippen LogP contribution in [0.3, 0.4) is 0 Å². The standard InChI is InChI=1S/C18H27BrN2O2.ClH/c1-13(2)10-16(20)17(22)21-12-18(6-8-23-9-7-18)14-4-3-5-15(19)11-14;/h3-5,11,13,16H,6-10,12,20H2,1-2H3,(H,21,22);1H/t16-;/m0./s1. The van der Waals surface area contributed by atoms with Crippen LogP contribution in [-0.4, -0.2) is 31.7 Å². The van der Waals surface area contributed by atoms with E-state index in [-0.39, 0.29) is 23.7 Å². The largest absolute Gasteiger partial charge is 0.381 e. The zero-order valence-corrected chi connectivity index (χ0v) is 16.8. The van der Waals surface area contributed by atoms with Gasteiger partial charge in [0.15, 0.2) is 0 Å². The van der Waals surface area contributed by atoms with E-state index in [0.717, 1.165) is 30.5 Å². The van der Waals surface area contributed by atoms with Crippen LogP contribution in [0, 0.1) is 5.92 Å². The zero-order chi connectivity index (χ0) is 16.9. The van der Waals surface area contributed by atoms with Gasteiger partial charge in [-0.15, -0.1) is 12.4 Å². The monoisotopic (exact) mass is 418 g/mol. The first-order chi connectivity index (χ1) is 10.9. The van der Waals surface area contributed by atoms with E-state index < -0.39 is 6.04 Å². The molecule has 3 N–H and O–H groups in total. The number of halogens is 2. The van der Waals surface area contributed by atoms with Crippen molar-refractivity contribution in [1.82, 2.24) is 5.32 Å². The Morgan fingerprint density at radius 1 is 1.38 bits per heavy atom. The summed E-state index contributed by atoms with van der Waals surface area (Å²) in [6.45, 7) is 6.21. The highest BCUT2D eigenvalue weighted by molar-refractivity contribution is 9.10. The van der Waals surface area contributed by atoms with E-state index in [1.165, 1.54) is 5.56 Å². The smallest absolute Gasteiger partial charge is 0.236 e. The fourth-order valence-electron chi connectivity index (χ4n) is 3.15. The van der Waals surface area contributed by atoms with Crippen molar-refractivity contribution >= 4 is 34.2 Å². The minimum absolute atomic E-state index is 0. The van der Waals surface area contributed by atoms with E-state index in [1.807, 2.05) is 12.1 Å². The highest BCUT2D eigenvalue weighted by Gasteiger charge is 2.35. The number of benzene rings is 1. The number of amides is 1. The number of hydrogen-bond acceptors (Lipinski definition) is 3. The minimum Gasteiger partial charge on any atom is -0.381 e. The lowest BCUT2D eigenvalue weighted by Crippen LogP contribution is -2.49. The number of carbonyl (C=O) groups is 1. The van der Waals surface area contributed by atoms with Gasteiger partial charge in [-0.3, -0.25) is 4.79 Å². The first kappa shape index (κ1) is 21.4. The van der Waals surface area contributed by atoms with Crippen molar-refractivity contribution in [3.8, 4) is 0 Å². The molecular formula is C18H28BrClN2O2. The van der Waals surface area contributed by atoms with Gasteiger partial charge in [-0.25, -0.2) is 0 Å². The molecule has 1 aliphatic rings. The van der Waals surface area contributed by atoms with Gasteiger partial charge in [0, 0.05) is 29.6 Å². The Balaban J connectivity index is 0.00000288. The van der Waals surface area contributed by atoms with Crippen LogP contribution in [0.15, 0.2) is 28.7 Å². The Hall–Kier alpha value is -0.620. The van der Waals surface area contributed by atoms with Crippen molar-refractivity contribution in [2.24, 2.45) is 11.7 Å². The summed E-state index contributed by atoms with van der Waals surface area (Å²) in [7, 11) is 0. The predicted octanol–water partition coefficient (Wildman–Crippen LogP) is 3.41. The molecular weight excluding hydrogens is 392 g/mol.